The molecule has 0 bridgehead atoms. The number of hydrogen-bond acceptors (Lipinski definition) is 1. The minimum Gasteiger partial charge on any atom is -0.358 e. The van der Waals surface area contributed by atoms with Gasteiger partial charge in [0.15, 0.2) is 5.11 Å². The van der Waals surface area contributed by atoms with Crippen LogP contribution in [-0.2, 0) is 0 Å². The molecule has 1 aromatic carbocycles. The summed E-state index contributed by atoms with van der Waals surface area (Å²) < 4.78 is 0. The van der Waals surface area contributed by atoms with Crippen molar-refractivity contribution in [3.8, 4) is 0 Å². The minimum absolute atomic E-state index is 0.0503. The van der Waals surface area contributed by atoms with Crippen LogP contribution in [0.15, 0.2) is 24.3 Å². The predicted molar refractivity (Wildman–Crippen MR) is 70.6 cm³/mol. The van der Waals surface area contributed by atoms with Crippen molar-refractivity contribution < 1.29 is 0 Å². The number of hydrogen-bond donors (Lipinski definition) is 2. The van der Waals surface area contributed by atoms with E-state index in [9.17, 15) is 0 Å². The van der Waals surface area contributed by atoms with Crippen LogP contribution in [0, 0.1) is 0 Å². The number of nitrogens with one attached hydrogen (secondary N) is 2. The summed E-state index contributed by atoms with van der Waals surface area (Å²) >= 11 is 11.2. The van der Waals surface area contributed by atoms with E-state index in [-0.39, 0.29) is 5.54 Å². The summed E-state index contributed by atoms with van der Waals surface area (Å²) in [5.41, 5.74) is 0.770. The third-order valence-corrected chi connectivity index (χ3v) is 2.14. The quantitative estimate of drug-likeness (QED) is 0.738. The first-order valence-corrected chi connectivity index (χ1v) is 5.51. The van der Waals surface area contributed by atoms with Gasteiger partial charge in [0.25, 0.3) is 0 Å². The van der Waals surface area contributed by atoms with E-state index in [4.69, 9.17) is 23.8 Å². The van der Waals surface area contributed by atoms with Crippen molar-refractivity contribution in [2.75, 3.05) is 5.32 Å². The normalized spacial score (nSPS) is 10.9. The van der Waals surface area contributed by atoms with Gasteiger partial charge < -0.3 is 10.6 Å². The summed E-state index contributed by atoms with van der Waals surface area (Å²) in [5.74, 6) is 0. The molecule has 0 aliphatic rings. The van der Waals surface area contributed by atoms with Gasteiger partial charge >= 0.3 is 0 Å². The van der Waals surface area contributed by atoms with Crippen molar-refractivity contribution in [2.24, 2.45) is 0 Å². The second-order valence-electron chi connectivity index (χ2n) is 4.31. The summed E-state index contributed by atoms with van der Waals surface area (Å²) in [5, 5.41) is 7.45. The molecule has 0 aliphatic heterocycles. The van der Waals surface area contributed by atoms with Crippen LogP contribution in [0.3, 0.4) is 0 Å². The highest BCUT2D eigenvalue weighted by Gasteiger charge is 2.11. The van der Waals surface area contributed by atoms with Crippen molar-refractivity contribution in [3.63, 3.8) is 0 Å². The number of benzene rings is 1. The maximum absolute atomic E-state index is 5.99. The van der Waals surface area contributed by atoms with Gasteiger partial charge in [0.1, 0.15) is 0 Å². The second-order valence-corrected chi connectivity index (χ2v) is 5.12. The smallest absolute Gasteiger partial charge is 0.171 e. The first-order chi connectivity index (χ1) is 6.88. The standard InChI is InChI=1S/C11H15ClN2S/c1-11(2,3)14-10(15)13-9-7-5-4-6-8(9)12/h4-7H,1-3H3,(H2,13,14,15). The van der Waals surface area contributed by atoms with Crippen molar-refractivity contribution in [1.29, 1.82) is 0 Å². The first kappa shape index (κ1) is 12.3. The van der Waals surface area contributed by atoms with Crippen LogP contribution in [0.2, 0.25) is 5.02 Å². The van der Waals surface area contributed by atoms with E-state index in [0.717, 1.165) is 5.69 Å². The topological polar surface area (TPSA) is 24.1 Å². The number of halogens is 1. The van der Waals surface area contributed by atoms with Crippen LogP contribution in [-0.4, -0.2) is 10.7 Å². The predicted octanol–water partition coefficient (Wildman–Crippen LogP) is 3.42. The molecule has 0 spiro atoms. The molecule has 4 heteroatoms. The number of para-hydroxylation sites is 1. The zero-order valence-corrected chi connectivity index (χ0v) is 10.7. The maximum atomic E-state index is 5.99. The van der Waals surface area contributed by atoms with E-state index in [1.54, 1.807) is 0 Å². The molecule has 0 amide bonds. The Morgan fingerprint density at radius 3 is 2.40 bits per heavy atom. The largest absolute Gasteiger partial charge is 0.358 e. The molecule has 1 rings (SSSR count). The van der Waals surface area contributed by atoms with Crippen LogP contribution in [0.25, 0.3) is 0 Å². The zero-order chi connectivity index (χ0) is 11.5. The third-order valence-electron chi connectivity index (χ3n) is 1.61. The molecular formula is C11H15ClN2S. The van der Waals surface area contributed by atoms with E-state index in [1.807, 2.05) is 45.0 Å². The molecule has 0 unspecified atom stereocenters. The second kappa shape index (κ2) is 4.81. The summed E-state index contributed by atoms with van der Waals surface area (Å²) in [6, 6.07) is 7.50. The lowest BCUT2D eigenvalue weighted by Gasteiger charge is -2.23. The number of rotatable bonds is 1. The Hall–Kier alpha value is -0.800. The van der Waals surface area contributed by atoms with Crippen LogP contribution in [0.4, 0.5) is 5.69 Å². The Morgan fingerprint density at radius 2 is 1.87 bits per heavy atom. The van der Waals surface area contributed by atoms with Gasteiger partial charge in [-0.25, -0.2) is 0 Å². The Labute approximate surface area is 101 Å². The molecule has 0 saturated heterocycles. The molecule has 0 atom stereocenters. The van der Waals surface area contributed by atoms with E-state index in [1.165, 1.54) is 0 Å². The first-order valence-electron chi connectivity index (χ1n) is 4.72. The monoisotopic (exact) mass is 242 g/mol. The molecule has 82 valence electrons. The van der Waals surface area contributed by atoms with Crippen molar-refractivity contribution in [3.05, 3.63) is 29.3 Å². The van der Waals surface area contributed by atoms with Crippen LogP contribution < -0.4 is 10.6 Å². The van der Waals surface area contributed by atoms with Crippen molar-refractivity contribution in [1.82, 2.24) is 5.32 Å². The van der Waals surface area contributed by atoms with E-state index < -0.39 is 0 Å². The average molecular weight is 243 g/mol. The average Bonchev–Trinajstić information content (AvgIpc) is 2.05. The van der Waals surface area contributed by atoms with Crippen molar-refractivity contribution in [2.45, 2.75) is 26.3 Å². The lowest BCUT2D eigenvalue weighted by atomic mass is 10.1. The molecule has 1 aromatic rings. The third kappa shape index (κ3) is 4.49. The summed E-state index contributed by atoms with van der Waals surface area (Å²) in [7, 11) is 0. The molecule has 2 N–H and O–H groups in total. The van der Waals surface area contributed by atoms with E-state index in [2.05, 4.69) is 10.6 Å². The van der Waals surface area contributed by atoms with Gasteiger partial charge in [0, 0.05) is 5.54 Å². The fourth-order valence-electron chi connectivity index (χ4n) is 1.06. The summed E-state index contributed by atoms with van der Waals surface area (Å²) in [4.78, 5) is 0. The van der Waals surface area contributed by atoms with Gasteiger partial charge in [-0.2, -0.15) is 0 Å². The van der Waals surface area contributed by atoms with Crippen LogP contribution >= 0.6 is 23.8 Å². The fourth-order valence-corrected chi connectivity index (χ4v) is 1.66. The van der Waals surface area contributed by atoms with Gasteiger partial charge in [-0.05, 0) is 45.1 Å². The maximum Gasteiger partial charge on any atom is 0.171 e. The van der Waals surface area contributed by atoms with E-state index in [0.29, 0.717) is 10.1 Å². The van der Waals surface area contributed by atoms with Crippen molar-refractivity contribution >= 4 is 34.6 Å². The fraction of sp³-hybridized carbons (Fsp3) is 0.364. The lowest BCUT2D eigenvalue weighted by Crippen LogP contribution is -2.42. The van der Waals surface area contributed by atoms with Gasteiger partial charge in [-0.3, -0.25) is 0 Å². The molecule has 0 aromatic heterocycles. The molecule has 15 heavy (non-hydrogen) atoms. The SMILES string of the molecule is CC(C)(C)NC(=S)Nc1ccccc1Cl. The molecule has 0 radical (unpaired) electrons. The molecule has 0 heterocycles. The van der Waals surface area contributed by atoms with Gasteiger partial charge in [0.2, 0.25) is 0 Å². The Balaban J connectivity index is 2.64. The molecular weight excluding hydrogens is 228 g/mol. The highest BCUT2D eigenvalue weighted by atomic mass is 35.5. The minimum atomic E-state index is -0.0503. The van der Waals surface area contributed by atoms with Gasteiger partial charge in [-0.15, -0.1) is 0 Å². The highest BCUT2D eigenvalue weighted by Crippen LogP contribution is 2.20. The number of anilines is 1. The van der Waals surface area contributed by atoms with Gasteiger partial charge in [-0.1, -0.05) is 23.7 Å². The Morgan fingerprint density at radius 1 is 1.27 bits per heavy atom. The van der Waals surface area contributed by atoms with Crippen LogP contribution in [0.5, 0.6) is 0 Å². The van der Waals surface area contributed by atoms with Gasteiger partial charge in [0.05, 0.1) is 10.7 Å². The van der Waals surface area contributed by atoms with E-state index >= 15 is 0 Å². The van der Waals surface area contributed by atoms with Crippen LogP contribution in [0.1, 0.15) is 20.8 Å². The highest BCUT2D eigenvalue weighted by molar-refractivity contribution is 7.80. The zero-order valence-electron chi connectivity index (χ0n) is 9.10. The molecule has 0 fully saturated rings. The molecule has 0 saturated carbocycles. The Bertz CT molecular complexity index is 358. The lowest BCUT2D eigenvalue weighted by molar-refractivity contribution is 0.515. The summed E-state index contributed by atoms with van der Waals surface area (Å²) in [6.07, 6.45) is 0. The number of thiocarbonyl (C=S) groups is 1. The Kier molecular flexibility index (Phi) is 3.94. The summed E-state index contributed by atoms with van der Waals surface area (Å²) in [6.45, 7) is 6.15. The molecule has 0 aliphatic carbocycles. The molecule has 2 nitrogen and oxygen atoms in total.